The van der Waals surface area contributed by atoms with Gasteiger partial charge in [-0.1, -0.05) is 17.7 Å². The summed E-state index contributed by atoms with van der Waals surface area (Å²) in [7, 11) is 0. The Balaban J connectivity index is 2.53. The number of fused-ring (bicyclic) bond motifs is 1. The van der Waals surface area contributed by atoms with Gasteiger partial charge in [-0.2, -0.15) is 0 Å². The number of halogens is 3. The Morgan fingerprint density at radius 3 is 2.29 bits per heavy atom. The maximum absolute atomic E-state index is 14.3. The molecule has 0 aliphatic heterocycles. The highest BCUT2D eigenvalue weighted by Gasteiger charge is 2.22. The second kappa shape index (κ2) is 5.52. The lowest BCUT2D eigenvalue weighted by atomic mass is 10.1. The predicted molar refractivity (Wildman–Crippen MR) is 81.1 cm³/mol. The van der Waals surface area contributed by atoms with E-state index in [-0.39, 0.29) is 0 Å². The van der Waals surface area contributed by atoms with Gasteiger partial charge in [0.1, 0.15) is 5.56 Å². The summed E-state index contributed by atoms with van der Waals surface area (Å²) in [5, 5.41) is 8.61. The highest BCUT2D eigenvalue weighted by molar-refractivity contribution is 5.93. The molecule has 7 heteroatoms. The molecule has 1 heterocycles. The van der Waals surface area contributed by atoms with Crippen molar-refractivity contribution in [2.45, 2.75) is 6.92 Å². The Morgan fingerprint density at radius 2 is 1.71 bits per heavy atom. The van der Waals surface area contributed by atoms with Gasteiger partial charge in [0, 0.05) is 11.9 Å². The minimum atomic E-state index is -1.73. The summed E-state index contributed by atoms with van der Waals surface area (Å²) in [5.41, 5.74) is -1.09. The fourth-order valence-corrected chi connectivity index (χ4v) is 2.45. The summed E-state index contributed by atoms with van der Waals surface area (Å²) in [6.45, 7) is 1.81. The second-order valence-corrected chi connectivity index (χ2v) is 5.27. The van der Waals surface area contributed by atoms with Crippen LogP contribution in [0.2, 0.25) is 0 Å². The number of hydrogen-bond acceptors (Lipinski definition) is 2. The fraction of sp³-hybridized carbons (Fsp3) is 0.0588. The third kappa shape index (κ3) is 2.34. The predicted octanol–water partition coefficient (Wildman–Crippen LogP) is 3.41. The summed E-state index contributed by atoms with van der Waals surface area (Å²) in [6.07, 6.45) is 0.901. The molecule has 122 valence electrons. The van der Waals surface area contributed by atoms with Crippen LogP contribution in [0.3, 0.4) is 0 Å². The number of benzene rings is 2. The van der Waals surface area contributed by atoms with Crippen LogP contribution in [-0.2, 0) is 0 Å². The van der Waals surface area contributed by atoms with Gasteiger partial charge in [-0.25, -0.2) is 18.0 Å². The molecule has 0 spiro atoms. The zero-order valence-electron chi connectivity index (χ0n) is 12.3. The van der Waals surface area contributed by atoms with Gasteiger partial charge in [0.15, 0.2) is 17.5 Å². The third-order valence-corrected chi connectivity index (χ3v) is 3.67. The minimum Gasteiger partial charge on any atom is -0.477 e. The molecule has 1 N–H and O–H groups in total. The van der Waals surface area contributed by atoms with Gasteiger partial charge in [0.05, 0.1) is 10.9 Å². The molecule has 0 unspecified atom stereocenters. The number of rotatable bonds is 2. The fourth-order valence-electron chi connectivity index (χ4n) is 2.45. The molecule has 2 aromatic carbocycles. The first kappa shape index (κ1) is 15.8. The van der Waals surface area contributed by atoms with Crippen molar-refractivity contribution in [3.63, 3.8) is 0 Å². The molecule has 4 nitrogen and oxygen atoms in total. The van der Waals surface area contributed by atoms with E-state index in [1.54, 1.807) is 24.3 Å². The maximum Gasteiger partial charge on any atom is 0.341 e. The third-order valence-electron chi connectivity index (χ3n) is 3.67. The Kier molecular flexibility index (Phi) is 3.63. The summed E-state index contributed by atoms with van der Waals surface area (Å²) in [4.78, 5) is 23.4. The molecule has 0 atom stereocenters. The molecule has 0 fully saturated rings. The normalized spacial score (nSPS) is 11.0. The quantitative estimate of drug-likeness (QED) is 0.731. The Morgan fingerprint density at radius 1 is 1.08 bits per heavy atom. The average molecular weight is 333 g/mol. The molecule has 24 heavy (non-hydrogen) atoms. The second-order valence-electron chi connectivity index (χ2n) is 5.27. The number of carboxylic acid groups (broad SMARTS) is 1. The van der Waals surface area contributed by atoms with Gasteiger partial charge in [0.25, 0.3) is 0 Å². The highest BCUT2D eigenvalue weighted by atomic mass is 19.2. The van der Waals surface area contributed by atoms with E-state index in [0.717, 1.165) is 16.3 Å². The highest BCUT2D eigenvalue weighted by Crippen LogP contribution is 2.24. The van der Waals surface area contributed by atoms with E-state index in [1.165, 1.54) is 0 Å². The van der Waals surface area contributed by atoms with Crippen molar-refractivity contribution < 1.29 is 23.1 Å². The molecule has 0 amide bonds. The van der Waals surface area contributed by atoms with Crippen LogP contribution < -0.4 is 5.43 Å². The van der Waals surface area contributed by atoms with Crippen LogP contribution in [0.5, 0.6) is 0 Å². The van der Waals surface area contributed by atoms with E-state index in [1.807, 2.05) is 6.92 Å². The van der Waals surface area contributed by atoms with Crippen LogP contribution in [-0.4, -0.2) is 15.6 Å². The molecule has 0 saturated carbocycles. The van der Waals surface area contributed by atoms with Crippen molar-refractivity contribution in [1.29, 1.82) is 0 Å². The van der Waals surface area contributed by atoms with Crippen molar-refractivity contribution in [3.8, 4) is 5.69 Å². The molecule has 3 aromatic rings. The van der Waals surface area contributed by atoms with E-state index < -0.39 is 45.3 Å². The standard InChI is InChI=1S/C17H10F3NO3/c1-8-2-4-9(5-3-8)21-7-11(17(23)24)16(22)10-6-12(18)13(19)14(20)15(10)21/h2-7H,1H3,(H,23,24). The number of carbonyl (C=O) groups is 1. The minimum absolute atomic E-state index is 0.304. The largest absolute Gasteiger partial charge is 0.477 e. The number of aromatic carboxylic acids is 1. The van der Waals surface area contributed by atoms with Gasteiger partial charge in [-0.15, -0.1) is 0 Å². The first-order valence-corrected chi connectivity index (χ1v) is 6.84. The van der Waals surface area contributed by atoms with Crippen molar-refractivity contribution in [1.82, 2.24) is 4.57 Å². The molecular formula is C17H10F3NO3. The maximum atomic E-state index is 14.3. The van der Waals surface area contributed by atoms with E-state index in [0.29, 0.717) is 11.8 Å². The van der Waals surface area contributed by atoms with Gasteiger partial charge in [-0.3, -0.25) is 4.79 Å². The summed E-state index contributed by atoms with van der Waals surface area (Å²) < 4.78 is 42.4. The van der Waals surface area contributed by atoms with E-state index >= 15 is 0 Å². The van der Waals surface area contributed by atoms with E-state index in [9.17, 15) is 22.8 Å². The number of pyridine rings is 1. The van der Waals surface area contributed by atoms with E-state index in [2.05, 4.69) is 0 Å². The SMILES string of the molecule is Cc1ccc(-n2cc(C(=O)O)c(=O)c3cc(F)c(F)c(F)c32)cc1. The van der Waals surface area contributed by atoms with Crippen molar-refractivity contribution in [2.24, 2.45) is 0 Å². The van der Waals surface area contributed by atoms with Crippen LogP contribution in [0.1, 0.15) is 15.9 Å². The van der Waals surface area contributed by atoms with Gasteiger partial charge < -0.3 is 9.67 Å². The monoisotopic (exact) mass is 333 g/mol. The topological polar surface area (TPSA) is 59.3 Å². The van der Waals surface area contributed by atoms with Crippen LogP contribution >= 0.6 is 0 Å². The number of nitrogens with zero attached hydrogens (tertiary/aromatic N) is 1. The Labute approximate surface area is 133 Å². The Hall–Kier alpha value is -3.09. The summed E-state index contributed by atoms with van der Waals surface area (Å²) in [5.74, 6) is -6.39. The molecule has 0 radical (unpaired) electrons. The average Bonchev–Trinajstić information content (AvgIpc) is 2.54. The van der Waals surface area contributed by atoms with Crippen molar-refractivity contribution >= 4 is 16.9 Å². The zero-order valence-corrected chi connectivity index (χ0v) is 12.3. The molecule has 0 aliphatic carbocycles. The molecular weight excluding hydrogens is 323 g/mol. The summed E-state index contributed by atoms with van der Waals surface area (Å²) >= 11 is 0. The molecule has 3 rings (SSSR count). The van der Waals surface area contributed by atoms with Crippen LogP contribution in [0.4, 0.5) is 13.2 Å². The number of hydrogen-bond donors (Lipinski definition) is 1. The smallest absolute Gasteiger partial charge is 0.341 e. The van der Waals surface area contributed by atoms with Crippen LogP contribution in [0, 0.1) is 24.4 Å². The number of carboxylic acids is 1. The lowest BCUT2D eigenvalue weighted by Crippen LogP contribution is -2.20. The summed E-state index contributed by atoms with van der Waals surface area (Å²) in [6, 6.07) is 6.96. The van der Waals surface area contributed by atoms with Gasteiger partial charge >= 0.3 is 5.97 Å². The first-order chi connectivity index (χ1) is 11.3. The number of aromatic nitrogens is 1. The van der Waals surface area contributed by atoms with Crippen molar-refractivity contribution in [2.75, 3.05) is 0 Å². The molecule has 0 bridgehead atoms. The van der Waals surface area contributed by atoms with Crippen LogP contribution in [0.15, 0.2) is 41.3 Å². The first-order valence-electron chi connectivity index (χ1n) is 6.84. The zero-order chi connectivity index (χ0) is 17.6. The molecule has 1 aromatic heterocycles. The molecule has 0 saturated heterocycles. The van der Waals surface area contributed by atoms with E-state index in [4.69, 9.17) is 5.11 Å². The van der Waals surface area contributed by atoms with Gasteiger partial charge in [0.2, 0.25) is 5.43 Å². The Bertz CT molecular complexity index is 1040. The lowest BCUT2D eigenvalue weighted by molar-refractivity contribution is 0.0695. The van der Waals surface area contributed by atoms with Crippen LogP contribution in [0.25, 0.3) is 16.6 Å². The van der Waals surface area contributed by atoms with Crippen molar-refractivity contribution in [3.05, 3.63) is 75.3 Å². The lowest BCUT2D eigenvalue weighted by Gasteiger charge is -2.14. The molecule has 0 aliphatic rings. The number of aryl methyl sites for hydroxylation is 1. The van der Waals surface area contributed by atoms with Gasteiger partial charge in [-0.05, 0) is 25.1 Å².